The molecular weight excluding hydrogens is 781 g/mol. The summed E-state index contributed by atoms with van der Waals surface area (Å²) < 4.78 is 32.8. The first-order valence-corrected chi connectivity index (χ1v) is 20.8. The van der Waals surface area contributed by atoms with Crippen LogP contribution in [0.1, 0.15) is 34.0 Å². The van der Waals surface area contributed by atoms with Gasteiger partial charge in [0.15, 0.2) is 5.84 Å². The Hall–Kier alpha value is -8.16. The third-order valence-electron chi connectivity index (χ3n) is 11.8. The Bertz CT molecular complexity index is 3090. The molecule has 0 saturated carbocycles. The molecule has 0 spiro atoms. The second-order valence-corrected chi connectivity index (χ2v) is 15.7. The van der Waals surface area contributed by atoms with E-state index in [-0.39, 0.29) is 11.1 Å². The van der Waals surface area contributed by atoms with Crippen LogP contribution in [0.25, 0.3) is 67.0 Å². The number of nitrogens with zero attached hydrogens (tertiary/aromatic N) is 4. The normalized spacial score (nSPS) is 14.8. The number of alkyl halides is 2. The van der Waals surface area contributed by atoms with Gasteiger partial charge in [-0.05, 0) is 105 Å². The van der Waals surface area contributed by atoms with Crippen LogP contribution in [0.15, 0.2) is 223 Å². The average molecular weight is 818 g/mol. The van der Waals surface area contributed by atoms with Crippen LogP contribution in [0.3, 0.4) is 0 Å². The molecule has 1 aliphatic carbocycles. The van der Waals surface area contributed by atoms with Gasteiger partial charge in [0.25, 0.3) is 5.92 Å². The van der Waals surface area contributed by atoms with Gasteiger partial charge in [0.2, 0.25) is 0 Å². The van der Waals surface area contributed by atoms with Crippen molar-refractivity contribution >= 4 is 11.7 Å². The summed E-state index contributed by atoms with van der Waals surface area (Å²) in [6, 6.07) is 65.2. The quantitative estimate of drug-likeness (QED) is 0.166. The lowest BCUT2D eigenvalue weighted by Gasteiger charge is -2.24. The molecule has 2 aromatic heterocycles. The van der Waals surface area contributed by atoms with Gasteiger partial charge in [-0.25, -0.2) is 9.98 Å². The van der Waals surface area contributed by atoms with Crippen LogP contribution < -0.4 is 5.32 Å². The predicted molar refractivity (Wildman–Crippen MR) is 249 cm³/mol. The maximum absolute atomic E-state index is 16.4. The maximum Gasteiger partial charge on any atom is 0.299 e. The highest BCUT2D eigenvalue weighted by Crippen LogP contribution is 2.52. The molecule has 0 fully saturated rings. The van der Waals surface area contributed by atoms with E-state index in [1.165, 1.54) is 6.07 Å². The fourth-order valence-corrected chi connectivity index (χ4v) is 8.53. The molecule has 3 heterocycles. The monoisotopic (exact) mass is 817 g/mol. The number of fused-ring (bicyclic) bond motifs is 3. The van der Waals surface area contributed by atoms with Crippen LogP contribution in [-0.4, -0.2) is 21.6 Å². The summed E-state index contributed by atoms with van der Waals surface area (Å²) in [6.07, 6.45) is 3.17. The van der Waals surface area contributed by atoms with E-state index < -0.39 is 12.1 Å². The fourth-order valence-electron chi connectivity index (χ4n) is 8.53. The second kappa shape index (κ2) is 15.7. The summed E-state index contributed by atoms with van der Waals surface area (Å²) in [5, 5.41) is 3.48. The standard InChI is InChI=1S/C56H37F2N5/c57-56(58)49-27-25-42(34-47(49)48-35-43(26-28-50(48)56)55-62-53(40-11-3-1-4-12-40)61-54(63-55)41-13-5-2-6-14-41)46-32-44(36-17-21-38(22-18-36)51-15-7-9-29-59-51)31-45(33-46)37-19-23-39(24-20-37)52-16-8-10-30-60-52/h1-35,53H,(H,61,62,63). The Morgan fingerprint density at radius 3 is 1.40 bits per heavy atom. The summed E-state index contributed by atoms with van der Waals surface area (Å²) in [5.41, 5.74) is 13.1. The van der Waals surface area contributed by atoms with Gasteiger partial charge < -0.3 is 5.32 Å². The molecule has 1 aliphatic heterocycles. The number of nitrogens with one attached hydrogen (secondary N) is 1. The fraction of sp³-hybridized carbons (Fsp3) is 0.0357. The smallest absolute Gasteiger partial charge is 0.299 e. The summed E-state index contributed by atoms with van der Waals surface area (Å²) in [6.45, 7) is 0. The van der Waals surface area contributed by atoms with E-state index in [2.05, 4.69) is 82.0 Å². The Balaban J connectivity index is 1.01. The van der Waals surface area contributed by atoms with Crippen LogP contribution in [0.2, 0.25) is 0 Å². The SMILES string of the molecule is FC1(F)c2ccc(C3=NC(c4ccccc4)NC(c4ccccc4)=N3)cc2-c2cc(-c3cc(-c4ccc(-c5ccccn5)cc4)cc(-c4ccc(-c5ccccn5)cc4)c3)ccc21. The highest BCUT2D eigenvalue weighted by Gasteiger charge is 2.44. The molecular formula is C56H37F2N5. The van der Waals surface area contributed by atoms with Crippen molar-refractivity contribution in [2.75, 3.05) is 0 Å². The lowest BCUT2D eigenvalue weighted by molar-refractivity contribution is 0.0480. The number of amidine groups is 2. The van der Waals surface area contributed by atoms with E-state index in [1.807, 2.05) is 115 Å². The molecule has 1 N–H and O–H groups in total. The van der Waals surface area contributed by atoms with Crippen LogP contribution in [-0.2, 0) is 5.92 Å². The molecule has 1 atom stereocenters. The molecule has 0 radical (unpaired) electrons. The zero-order valence-electron chi connectivity index (χ0n) is 33.8. The summed E-state index contributed by atoms with van der Waals surface area (Å²) in [4.78, 5) is 19.1. The summed E-state index contributed by atoms with van der Waals surface area (Å²) >= 11 is 0. The zero-order chi connectivity index (χ0) is 42.3. The first-order valence-electron chi connectivity index (χ1n) is 20.8. The Morgan fingerprint density at radius 1 is 0.397 bits per heavy atom. The number of hydrogen-bond acceptors (Lipinski definition) is 5. The molecule has 0 amide bonds. The molecule has 0 bridgehead atoms. The van der Waals surface area contributed by atoms with E-state index in [0.29, 0.717) is 28.4 Å². The van der Waals surface area contributed by atoms with E-state index in [4.69, 9.17) is 9.98 Å². The second-order valence-electron chi connectivity index (χ2n) is 15.7. The van der Waals surface area contributed by atoms with Crippen molar-refractivity contribution in [3.63, 3.8) is 0 Å². The van der Waals surface area contributed by atoms with E-state index in [9.17, 15) is 0 Å². The molecule has 1 unspecified atom stereocenters. The number of aliphatic imine (C=N–C) groups is 2. The molecule has 300 valence electrons. The number of aromatic nitrogens is 2. The van der Waals surface area contributed by atoms with Crippen molar-refractivity contribution < 1.29 is 8.78 Å². The van der Waals surface area contributed by atoms with Crippen LogP contribution >= 0.6 is 0 Å². The van der Waals surface area contributed by atoms with Crippen LogP contribution in [0, 0.1) is 0 Å². The highest BCUT2D eigenvalue weighted by molar-refractivity contribution is 6.13. The van der Waals surface area contributed by atoms with E-state index >= 15 is 8.78 Å². The molecule has 5 nitrogen and oxygen atoms in total. The van der Waals surface area contributed by atoms with Crippen molar-refractivity contribution in [1.82, 2.24) is 15.3 Å². The van der Waals surface area contributed by atoms with Crippen LogP contribution in [0.5, 0.6) is 0 Å². The van der Waals surface area contributed by atoms with Crippen molar-refractivity contribution in [1.29, 1.82) is 0 Å². The Morgan fingerprint density at radius 2 is 0.857 bits per heavy atom. The van der Waals surface area contributed by atoms with E-state index in [0.717, 1.165) is 67.0 Å². The van der Waals surface area contributed by atoms with Crippen molar-refractivity contribution in [3.8, 4) is 67.0 Å². The van der Waals surface area contributed by atoms with Gasteiger partial charge in [-0.3, -0.25) is 9.97 Å². The van der Waals surface area contributed by atoms with Crippen molar-refractivity contribution in [2.24, 2.45) is 9.98 Å². The lowest BCUT2D eigenvalue weighted by Crippen LogP contribution is -2.33. The lowest BCUT2D eigenvalue weighted by atomic mass is 9.91. The number of rotatable bonds is 8. The average Bonchev–Trinajstić information content (AvgIpc) is 3.59. The minimum atomic E-state index is -3.18. The predicted octanol–water partition coefficient (Wildman–Crippen LogP) is 13.4. The first-order chi connectivity index (χ1) is 30.9. The molecule has 9 aromatic rings. The molecule has 7 heteroatoms. The van der Waals surface area contributed by atoms with Crippen molar-refractivity contribution in [3.05, 3.63) is 240 Å². The molecule has 0 saturated heterocycles. The summed E-state index contributed by atoms with van der Waals surface area (Å²) in [5.74, 6) is -2.05. The van der Waals surface area contributed by atoms with Gasteiger partial charge in [-0.15, -0.1) is 0 Å². The number of hydrogen-bond donors (Lipinski definition) is 1. The maximum atomic E-state index is 16.4. The van der Waals surface area contributed by atoms with Gasteiger partial charge in [-0.1, -0.05) is 146 Å². The largest absolute Gasteiger partial charge is 0.344 e. The van der Waals surface area contributed by atoms with E-state index in [1.54, 1.807) is 24.5 Å². The Labute approximate surface area is 363 Å². The molecule has 2 aliphatic rings. The third-order valence-corrected chi connectivity index (χ3v) is 11.8. The third kappa shape index (κ3) is 7.19. The Kier molecular flexibility index (Phi) is 9.42. The topological polar surface area (TPSA) is 62.5 Å². The van der Waals surface area contributed by atoms with Gasteiger partial charge in [0.05, 0.1) is 11.4 Å². The number of benzene rings is 7. The highest BCUT2D eigenvalue weighted by atomic mass is 19.3. The number of pyridine rings is 2. The molecule has 11 rings (SSSR count). The minimum Gasteiger partial charge on any atom is -0.344 e. The van der Waals surface area contributed by atoms with Gasteiger partial charge in [-0.2, -0.15) is 8.78 Å². The van der Waals surface area contributed by atoms with Crippen LogP contribution in [0.4, 0.5) is 8.78 Å². The molecule has 63 heavy (non-hydrogen) atoms. The molecule has 7 aromatic carbocycles. The van der Waals surface area contributed by atoms with Gasteiger partial charge in [0, 0.05) is 45.8 Å². The summed E-state index contributed by atoms with van der Waals surface area (Å²) in [7, 11) is 0. The van der Waals surface area contributed by atoms with Gasteiger partial charge in [0.1, 0.15) is 12.0 Å². The first kappa shape index (κ1) is 37.8. The van der Waals surface area contributed by atoms with Gasteiger partial charge >= 0.3 is 0 Å². The van der Waals surface area contributed by atoms with Crippen molar-refractivity contribution in [2.45, 2.75) is 12.1 Å². The zero-order valence-corrected chi connectivity index (χ0v) is 33.8. The number of halogens is 2. The minimum absolute atomic E-state index is 0.0205.